The van der Waals surface area contributed by atoms with E-state index >= 15 is 0 Å². The zero-order chi connectivity index (χ0) is 14.7. The number of nitrogens with one attached hydrogen (secondary N) is 1. The maximum atomic E-state index is 13.5. The molecule has 0 aliphatic rings. The zero-order valence-corrected chi connectivity index (χ0v) is 10.3. The summed E-state index contributed by atoms with van der Waals surface area (Å²) in [5, 5.41) is 11.3. The molecule has 0 aromatic heterocycles. The number of benzene rings is 2. The van der Waals surface area contributed by atoms with Gasteiger partial charge in [0.2, 0.25) is 0 Å². The van der Waals surface area contributed by atoms with Crippen molar-refractivity contribution < 1.29 is 19.1 Å². The highest BCUT2D eigenvalue weighted by molar-refractivity contribution is 6.08. The molecule has 1 amide bonds. The first-order valence-electron chi connectivity index (χ1n) is 5.67. The Morgan fingerprint density at radius 1 is 1.15 bits per heavy atom. The molecule has 0 aliphatic carbocycles. The van der Waals surface area contributed by atoms with Crippen LogP contribution in [0.3, 0.4) is 0 Å². The molecule has 20 heavy (non-hydrogen) atoms. The fraction of sp³-hybridized carbons (Fsp3) is 0. The molecule has 2 aromatic carbocycles. The van der Waals surface area contributed by atoms with Gasteiger partial charge in [0, 0.05) is 11.3 Å². The Balaban J connectivity index is 2.33. The number of carbonyl (C=O) groups is 2. The predicted octanol–water partition coefficient (Wildman–Crippen LogP) is 2.36. The number of carbonyl (C=O) groups excluding carboxylic acids is 1. The highest BCUT2D eigenvalue weighted by atomic mass is 19.1. The van der Waals surface area contributed by atoms with Gasteiger partial charge in [0.05, 0.1) is 5.69 Å². The van der Waals surface area contributed by atoms with Crippen molar-refractivity contribution in [2.45, 2.75) is 0 Å². The average molecular weight is 274 g/mol. The van der Waals surface area contributed by atoms with Crippen molar-refractivity contribution in [3.63, 3.8) is 0 Å². The summed E-state index contributed by atoms with van der Waals surface area (Å²) in [6.45, 7) is 0. The highest BCUT2D eigenvalue weighted by Crippen LogP contribution is 2.20. The molecule has 0 bridgehead atoms. The van der Waals surface area contributed by atoms with Gasteiger partial charge in [-0.3, -0.25) is 4.79 Å². The lowest BCUT2D eigenvalue weighted by atomic mass is 10.1. The van der Waals surface area contributed by atoms with Crippen LogP contribution in [-0.2, 0) is 0 Å². The molecule has 0 heterocycles. The topological polar surface area (TPSA) is 92.4 Å². The first-order valence-corrected chi connectivity index (χ1v) is 5.67. The summed E-state index contributed by atoms with van der Waals surface area (Å²) in [6.07, 6.45) is 0. The fourth-order valence-corrected chi connectivity index (χ4v) is 1.72. The van der Waals surface area contributed by atoms with Crippen LogP contribution >= 0.6 is 0 Å². The molecule has 2 aromatic rings. The number of hydrogen-bond donors (Lipinski definition) is 3. The molecule has 0 fully saturated rings. The van der Waals surface area contributed by atoms with Crippen LogP contribution in [-0.4, -0.2) is 17.0 Å². The summed E-state index contributed by atoms with van der Waals surface area (Å²) in [5.41, 5.74) is 5.53. The second-order valence-corrected chi connectivity index (χ2v) is 4.05. The number of nitrogens with two attached hydrogens (primary N) is 1. The molecule has 5 nitrogen and oxygen atoms in total. The largest absolute Gasteiger partial charge is 0.478 e. The Morgan fingerprint density at radius 3 is 2.50 bits per heavy atom. The molecule has 0 aliphatic heterocycles. The van der Waals surface area contributed by atoms with Crippen molar-refractivity contribution in [1.82, 2.24) is 0 Å². The van der Waals surface area contributed by atoms with E-state index in [1.165, 1.54) is 24.3 Å². The van der Waals surface area contributed by atoms with Gasteiger partial charge in [-0.1, -0.05) is 12.1 Å². The number of anilines is 2. The second-order valence-electron chi connectivity index (χ2n) is 4.05. The first kappa shape index (κ1) is 13.5. The standard InChI is InChI=1S/C14H11FN2O3/c15-10-5-2-6-11(12(10)14(19)20)17-13(18)8-3-1-4-9(16)7-8/h1-7H,16H2,(H,17,18)(H,19,20). The van der Waals surface area contributed by atoms with Crippen molar-refractivity contribution in [2.75, 3.05) is 11.1 Å². The maximum Gasteiger partial charge on any atom is 0.340 e. The fourth-order valence-electron chi connectivity index (χ4n) is 1.72. The Bertz CT molecular complexity index is 686. The molecule has 6 heteroatoms. The van der Waals surface area contributed by atoms with E-state index in [1.807, 2.05) is 0 Å². The predicted molar refractivity (Wildman–Crippen MR) is 72.2 cm³/mol. The molecule has 0 unspecified atom stereocenters. The van der Waals surface area contributed by atoms with E-state index in [0.717, 1.165) is 6.07 Å². The average Bonchev–Trinajstić information content (AvgIpc) is 2.38. The van der Waals surface area contributed by atoms with Crippen LogP contribution < -0.4 is 11.1 Å². The summed E-state index contributed by atoms with van der Waals surface area (Å²) in [5.74, 6) is -2.93. The monoisotopic (exact) mass is 274 g/mol. The maximum absolute atomic E-state index is 13.5. The number of nitrogen functional groups attached to an aromatic ring is 1. The van der Waals surface area contributed by atoms with Crippen LogP contribution in [0.25, 0.3) is 0 Å². The van der Waals surface area contributed by atoms with Gasteiger partial charge in [-0.05, 0) is 30.3 Å². The van der Waals surface area contributed by atoms with Gasteiger partial charge in [-0.25, -0.2) is 9.18 Å². The van der Waals surface area contributed by atoms with Crippen LogP contribution in [0.4, 0.5) is 15.8 Å². The van der Waals surface area contributed by atoms with Gasteiger partial charge in [-0.15, -0.1) is 0 Å². The van der Waals surface area contributed by atoms with Gasteiger partial charge < -0.3 is 16.2 Å². The van der Waals surface area contributed by atoms with Gasteiger partial charge >= 0.3 is 5.97 Å². The number of hydrogen-bond acceptors (Lipinski definition) is 3. The molecular weight excluding hydrogens is 263 g/mol. The van der Waals surface area contributed by atoms with Gasteiger partial charge in [0.1, 0.15) is 11.4 Å². The first-order chi connectivity index (χ1) is 9.49. The Hall–Kier alpha value is -2.89. The molecule has 0 radical (unpaired) electrons. The number of carboxylic acid groups (broad SMARTS) is 1. The van der Waals surface area contributed by atoms with E-state index in [2.05, 4.69) is 5.32 Å². The number of aromatic carboxylic acids is 1. The minimum absolute atomic E-state index is 0.107. The molecule has 0 spiro atoms. The molecular formula is C14H11FN2O3. The van der Waals surface area contributed by atoms with Crippen molar-refractivity contribution in [3.05, 3.63) is 59.4 Å². The molecule has 2 rings (SSSR count). The van der Waals surface area contributed by atoms with E-state index in [4.69, 9.17) is 10.8 Å². The van der Waals surface area contributed by atoms with Crippen molar-refractivity contribution >= 4 is 23.3 Å². The molecule has 0 atom stereocenters. The van der Waals surface area contributed by atoms with Gasteiger partial charge in [-0.2, -0.15) is 0 Å². The van der Waals surface area contributed by atoms with Crippen molar-refractivity contribution in [2.24, 2.45) is 0 Å². The van der Waals surface area contributed by atoms with Crippen molar-refractivity contribution in [3.8, 4) is 0 Å². The number of amides is 1. The van der Waals surface area contributed by atoms with E-state index in [-0.39, 0.29) is 11.3 Å². The third kappa shape index (κ3) is 2.74. The van der Waals surface area contributed by atoms with Crippen LogP contribution in [0, 0.1) is 5.82 Å². The third-order valence-electron chi connectivity index (χ3n) is 2.62. The summed E-state index contributed by atoms with van der Waals surface area (Å²) < 4.78 is 13.5. The lowest BCUT2D eigenvalue weighted by Crippen LogP contribution is -2.16. The SMILES string of the molecule is Nc1cccc(C(=O)Nc2cccc(F)c2C(=O)O)c1. The normalized spacial score (nSPS) is 10.1. The minimum Gasteiger partial charge on any atom is -0.478 e. The van der Waals surface area contributed by atoms with Crippen LogP contribution in [0.1, 0.15) is 20.7 Å². The van der Waals surface area contributed by atoms with Crippen molar-refractivity contribution in [1.29, 1.82) is 0 Å². The van der Waals surface area contributed by atoms with Crippen LogP contribution in [0.2, 0.25) is 0 Å². The lowest BCUT2D eigenvalue weighted by molar-refractivity contribution is 0.0693. The van der Waals surface area contributed by atoms with E-state index in [9.17, 15) is 14.0 Å². The van der Waals surface area contributed by atoms with Gasteiger partial charge in [0.15, 0.2) is 0 Å². The molecule has 0 saturated carbocycles. The lowest BCUT2D eigenvalue weighted by Gasteiger charge is -2.09. The Kier molecular flexibility index (Phi) is 3.65. The molecule has 0 saturated heterocycles. The Labute approximate surface area is 113 Å². The second kappa shape index (κ2) is 5.40. The quantitative estimate of drug-likeness (QED) is 0.749. The number of halogens is 1. The molecule has 102 valence electrons. The number of rotatable bonds is 3. The minimum atomic E-state index is -1.45. The van der Waals surface area contributed by atoms with Crippen LogP contribution in [0.5, 0.6) is 0 Å². The Morgan fingerprint density at radius 2 is 1.85 bits per heavy atom. The number of carboxylic acids is 1. The van der Waals surface area contributed by atoms with E-state index in [0.29, 0.717) is 5.69 Å². The summed E-state index contributed by atoms with van der Waals surface area (Å²) in [7, 11) is 0. The summed E-state index contributed by atoms with van der Waals surface area (Å²) in [6, 6.07) is 9.81. The summed E-state index contributed by atoms with van der Waals surface area (Å²) >= 11 is 0. The molecule has 4 N–H and O–H groups in total. The smallest absolute Gasteiger partial charge is 0.340 e. The summed E-state index contributed by atoms with van der Waals surface area (Å²) in [4.78, 5) is 23.0. The third-order valence-corrected chi connectivity index (χ3v) is 2.62. The van der Waals surface area contributed by atoms with E-state index in [1.54, 1.807) is 12.1 Å². The van der Waals surface area contributed by atoms with Gasteiger partial charge in [0.25, 0.3) is 5.91 Å². The van der Waals surface area contributed by atoms with E-state index < -0.39 is 23.3 Å². The zero-order valence-electron chi connectivity index (χ0n) is 10.3. The highest BCUT2D eigenvalue weighted by Gasteiger charge is 2.17. The van der Waals surface area contributed by atoms with Crippen LogP contribution in [0.15, 0.2) is 42.5 Å².